The molecule has 5 rings (SSSR count). The second-order valence-electron chi connectivity index (χ2n) is 8.66. The maximum atomic E-state index is 11.9. The van der Waals surface area contributed by atoms with Gasteiger partial charge in [0.25, 0.3) is 5.69 Å². The predicted molar refractivity (Wildman–Crippen MR) is 141 cm³/mol. The van der Waals surface area contributed by atoms with Gasteiger partial charge in [0.15, 0.2) is 0 Å². The first-order valence-corrected chi connectivity index (χ1v) is 11.9. The van der Waals surface area contributed by atoms with Crippen LogP contribution in [-0.4, -0.2) is 45.4 Å². The molecular weight excluding hydrogens is 470 g/mol. The van der Waals surface area contributed by atoms with Crippen LogP contribution in [0.3, 0.4) is 0 Å². The summed E-state index contributed by atoms with van der Waals surface area (Å²) in [7, 11) is 0. The third-order valence-electron chi connectivity index (χ3n) is 6.25. The highest BCUT2D eigenvalue weighted by Crippen LogP contribution is 2.45. The van der Waals surface area contributed by atoms with E-state index in [1.54, 1.807) is 17.2 Å². The Kier molecular flexibility index (Phi) is 6.98. The summed E-state index contributed by atoms with van der Waals surface area (Å²) in [5.74, 6) is 1.40. The first-order chi connectivity index (χ1) is 18.1. The Labute approximate surface area is 213 Å². The van der Waals surface area contributed by atoms with Crippen LogP contribution < -0.4 is 15.5 Å². The van der Waals surface area contributed by atoms with Crippen LogP contribution in [0.4, 0.5) is 23.1 Å². The minimum atomic E-state index is -0.483. The molecule has 0 spiro atoms. The highest BCUT2D eigenvalue weighted by molar-refractivity contribution is 5.79. The van der Waals surface area contributed by atoms with Crippen molar-refractivity contribution < 1.29 is 9.72 Å². The molecule has 37 heavy (non-hydrogen) atoms. The minimum Gasteiger partial charge on any atom is -0.368 e. The smallest absolute Gasteiger partial charge is 0.287 e. The topological polar surface area (TPSA) is 126 Å². The lowest BCUT2D eigenvalue weighted by molar-refractivity contribution is -0.385. The summed E-state index contributed by atoms with van der Waals surface area (Å²) in [6, 6.07) is 23.1. The lowest BCUT2D eigenvalue weighted by Gasteiger charge is -2.18. The second kappa shape index (κ2) is 10.8. The zero-order valence-electron chi connectivity index (χ0n) is 19.9. The number of rotatable bonds is 11. The van der Waals surface area contributed by atoms with E-state index in [9.17, 15) is 14.9 Å². The van der Waals surface area contributed by atoms with E-state index in [0.29, 0.717) is 30.8 Å². The standard InChI is InChI=1S/C27H25N7O3/c35-18-33(25-16-23(25)19-4-2-1-3-5-19)21-8-6-20(7-9-21)24-12-13-29-27(32-24)30-15-14-28-26-11-10-22(17-31-26)34(36)37/h1-13,17-18,23,25H,14-16H2,(H,28,31)(H,29,30,32). The lowest BCUT2D eigenvalue weighted by atomic mass is 10.1. The van der Waals surface area contributed by atoms with Crippen molar-refractivity contribution in [3.63, 3.8) is 0 Å². The van der Waals surface area contributed by atoms with Crippen LogP contribution in [0.15, 0.2) is 85.2 Å². The van der Waals surface area contributed by atoms with E-state index in [4.69, 9.17) is 0 Å². The number of anilines is 3. The molecule has 1 saturated carbocycles. The van der Waals surface area contributed by atoms with Crippen molar-refractivity contribution in [2.24, 2.45) is 0 Å². The summed E-state index contributed by atoms with van der Waals surface area (Å²) in [5, 5.41) is 17.0. The fourth-order valence-corrected chi connectivity index (χ4v) is 4.25. The molecule has 0 radical (unpaired) electrons. The highest BCUT2D eigenvalue weighted by atomic mass is 16.6. The Hall–Kier alpha value is -4.86. The van der Waals surface area contributed by atoms with Crippen molar-refractivity contribution in [3.05, 3.63) is 101 Å². The predicted octanol–water partition coefficient (Wildman–Crippen LogP) is 4.49. The molecule has 1 fully saturated rings. The Bertz CT molecular complexity index is 1370. The van der Waals surface area contributed by atoms with Crippen LogP contribution in [0.2, 0.25) is 0 Å². The van der Waals surface area contributed by atoms with E-state index in [2.05, 4.69) is 37.7 Å². The van der Waals surface area contributed by atoms with Gasteiger partial charge >= 0.3 is 0 Å². The van der Waals surface area contributed by atoms with Crippen LogP contribution in [-0.2, 0) is 4.79 Å². The summed E-state index contributed by atoms with van der Waals surface area (Å²) >= 11 is 0. The molecule has 0 aliphatic heterocycles. The zero-order valence-corrected chi connectivity index (χ0v) is 19.9. The fraction of sp³-hybridized carbons (Fsp3) is 0.185. The quantitative estimate of drug-likeness (QED) is 0.135. The summed E-state index contributed by atoms with van der Waals surface area (Å²) in [6.45, 7) is 1.05. The first kappa shape index (κ1) is 23.9. The maximum Gasteiger partial charge on any atom is 0.287 e. The van der Waals surface area contributed by atoms with Gasteiger partial charge in [-0.3, -0.25) is 14.9 Å². The van der Waals surface area contributed by atoms with Crippen LogP contribution in [0, 0.1) is 10.1 Å². The molecule has 2 heterocycles. The first-order valence-electron chi connectivity index (χ1n) is 11.9. The largest absolute Gasteiger partial charge is 0.368 e. The van der Waals surface area contributed by atoms with E-state index in [-0.39, 0.29) is 11.7 Å². The number of aromatic nitrogens is 3. The Morgan fingerprint density at radius 3 is 2.46 bits per heavy atom. The van der Waals surface area contributed by atoms with Gasteiger partial charge < -0.3 is 15.5 Å². The lowest BCUT2D eigenvalue weighted by Crippen LogP contribution is -2.24. The van der Waals surface area contributed by atoms with Gasteiger partial charge in [0.2, 0.25) is 12.4 Å². The summed E-state index contributed by atoms with van der Waals surface area (Å²) in [4.78, 5) is 36.8. The van der Waals surface area contributed by atoms with Crippen molar-refractivity contribution in [3.8, 4) is 11.3 Å². The third-order valence-corrected chi connectivity index (χ3v) is 6.25. The molecular formula is C27H25N7O3. The maximum absolute atomic E-state index is 11.9. The number of carbonyl (C=O) groups is 1. The van der Waals surface area contributed by atoms with E-state index in [1.165, 1.54) is 17.8 Å². The zero-order chi connectivity index (χ0) is 25.6. The average Bonchev–Trinajstić information content (AvgIpc) is 3.73. The Morgan fingerprint density at radius 2 is 1.76 bits per heavy atom. The van der Waals surface area contributed by atoms with E-state index >= 15 is 0 Å². The molecule has 10 heteroatoms. The molecule has 0 bridgehead atoms. The van der Waals surface area contributed by atoms with Gasteiger partial charge in [-0.05, 0) is 36.2 Å². The molecule has 2 unspecified atom stereocenters. The molecule has 2 N–H and O–H groups in total. The highest BCUT2D eigenvalue weighted by Gasteiger charge is 2.43. The van der Waals surface area contributed by atoms with Gasteiger partial charge in [0.05, 0.1) is 10.6 Å². The van der Waals surface area contributed by atoms with Gasteiger partial charge in [0.1, 0.15) is 12.0 Å². The summed E-state index contributed by atoms with van der Waals surface area (Å²) in [6.07, 6.45) is 4.78. The Balaban J connectivity index is 1.16. The van der Waals surface area contributed by atoms with Crippen molar-refractivity contribution >= 4 is 29.6 Å². The average molecular weight is 496 g/mol. The molecule has 0 saturated heterocycles. The molecule has 2 atom stereocenters. The summed E-state index contributed by atoms with van der Waals surface area (Å²) < 4.78 is 0. The molecule has 2 aromatic heterocycles. The molecule has 1 amide bonds. The number of nitrogens with zero attached hydrogens (tertiary/aromatic N) is 5. The third kappa shape index (κ3) is 5.69. The molecule has 1 aliphatic carbocycles. The van der Waals surface area contributed by atoms with E-state index in [1.807, 2.05) is 48.5 Å². The number of benzene rings is 2. The van der Waals surface area contributed by atoms with Crippen molar-refractivity contribution in [1.82, 2.24) is 15.0 Å². The normalized spacial score (nSPS) is 16.0. The number of pyridine rings is 1. The van der Waals surface area contributed by atoms with Crippen LogP contribution >= 0.6 is 0 Å². The molecule has 10 nitrogen and oxygen atoms in total. The molecule has 2 aromatic carbocycles. The van der Waals surface area contributed by atoms with Gasteiger partial charge in [-0.25, -0.2) is 15.0 Å². The number of amides is 1. The number of carbonyl (C=O) groups excluding carboxylic acids is 1. The number of nitro groups is 1. The van der Waals surface area contributed by atoms with Gasteiger partial charge in [-0.1, -0.05) is 42.5 Å². The van der Waals surface area contributed by atoms with Crippen LogP contribution in [0.5, 0.6) is 0 Å². The summed E-state index contributed by atoms with van der Waals surface area (Å²) in [5.41, 5.74) is 3.75. The van der Waals surface area contributed by atoms with Gasteiger partial charge in [0, 0.05) is 48.6 Å². The van der Waals surface area contributed by atoms with Gasteiger partial charge in [-0.15, -0.1) is 0 Å². The number of hydrogen-bond donors (Lipinski definition) is 2. The fourth-order valence-electron chi connectivity index (χ4n) is 4.25. The second-order valence-corrected chi connectivity index (χ2v) is 8.66. The Morgan fingerprint density at radius 1 is 0.973 bits per heavy atom. The van der Waals surface area contributed by atoms with Crippen molar-refractivity contribution in [1.29, 1.82) is 0 Å². The van der Waals surface area contributed by atoms with Crippen LogP contribution in [0.1, 0.15) is 17.9 Å². The SMILES string of the molecule is O=CN(c1ccc(-c2ccnc(NCCNc3ccc([N+](=O)[O-])cn3)n2)cc1)C1CC1c1ccccc1. The molecule has 186 valence electrons. The van der Waals surface area contributed by atoms with E-state index in [0.717, 1.165) is 29.8 Å². The molecule has 4 aromatic rings. The van der Waals surface area contributed by atoms with Gasteiger partial charge in [-0.2, -0.15) is 0 Å². The number of nitrogens with one attached hydrogen (secondary N) is 2. The van der Waals surface area contributed by atoms with Crippen LogP contribution in [0.25, 0.3) is 11.3 Å². The molecule has 1 aliphatic rings. The minimum absolute atomic E-state index is 0.0512. The monoisotopic (exact) mass is 495 g/mol. The number of hydrogen-bond acceptors (Lipinski definition) is 8. The van der Waals surface area contributed by atoms with Crippen molar-refractivity contribution in [2.75, 3.05) is 28.6 Å². The van der Waals surface area contributed by atoms with E-state index < -0.39 is 4.92 Å². The van der Waals surface area contributed by atoms with Crippen molar-refractivity contribution in [2.45, 2.75) is 18.4 Å².